The van der Waals surface area contributed by atoms with E-state index >= 15 is 0 Å². The molecule has 0 unspecified atom stereocenters. The Morgan fingerprint density at radius 2 is 1.83 bits per heavy atom. The van der Waals surface area contributed by atoms with Crippen molar-refractivity contribution in [3.05, 3.63) is 0 Å². The van der Waals surface area contributed by atoms with Gasteiger partial charge in [0.05, 0.1) is 6.07 Å². The van der Waals surface area contributed by atoms with E-state index in [0.29, 0.717) is 31.6 Å². The first-order valence-corrected chi connectivity index (χ1v) is 10.7. The van der Waals surface area contributed by atoms with Crippen molar-refractivity contribution >= 4 is 23.8 Å². The van der Waals surface area contributed by atoms with E-state index in [9.17, 15) is 24.4 Å². The lowest BCUT2D eigenvalue weighted by Crippen LogP contribution is -2.51. The highest BCUT2D eigenvalue weighted by molar-refractivity contribution is 6.08. The maximum absolute atomic E-state index is 12.8. The molecule has 0 aromatic rings. The van der Waals surface area contributed by atoms with Gasteiger partial charge in [0.25, 0.3) is 11.8 Å². The molecule has 1 N–H and O–H groups in total. The number of likely N-dealkylation sites (N-methyl/N-ethyl adjacent to an activating group) is 1. The van der Waals surface area contributed by atoms with Crippen LogP contribution in [0.15, 0.2) is 0 Å². The van der Waals surface area contributed by atoms with Crippen LogP contribution in [0.1, 0.15) is 64.7 Å². The zero-order valence-electron chi connectivity index (χ0n) is 17.7. The van der Waals surface area contributed by atoms with Crippen LogP contribution in [0.2, 0.25) is 0 Å². The molecule has 30 heavy (non-hydrogen) atoms. The number of rotatable bonds is 5. The van der Waals surface area contributed by atoms with Crippen LogP contribution in [-0.2, 0) is 19.1 Å². The first kappa shape index (κ1) is 22.1. The number of ether oxygens (including phenoxy) is 1. The summed E-state index contributed by atoms with van der Waals surface area (Å²) in [5.41, 5.74) is -1.78. The van der Waals surface area contributed by atoms with E-state index in [1.807, 2.05) is 0 Å². The fraction of sp³-hybridized carbons (Fsp3) is 0.762. The van der Waals surface area contributed by atoms with Gasteiger partial charge in [-0.3, -0.25) is 19.3 Å². The van der Waals surface area contributed by atoms with E-state index in [1.165, 1.54) is 4.90 Å². The Morgan fingerprint density at radius 1 is 1.20 bits per heavy atom. The second-order valence-electron chi connectivity index (χ2n) is 8.90. The largest absolute Gasteiger partial charge is 0.454 e. The predicted octanol–water partition coefficient (Wildman–Crippen LogP) is 1.72. The summed E-state index contributed by atoms with van der Waals surface area (Å²) in [6.07, 6.45) is 6.78. The number of nitrogens with one attached hydrogen (secondary N) is 1. The Hall–Kier alpha value is -2.63. The highest BCUT2D eigenvalue weighted by Gasteiger charge is 2.52. The van der Waals surface area contributed by atoms with Gasteiger partial charge in [0, 0.05) is 7.05 Å². The normalized spacial score (nSPS) is 28.0. The molecule has 3 fully saturated rings. The molecule has 1 spiro atoms. The number of urea groups is 1. The highest BCUT2D eigenvalue weighted by Crippen LogP contribution is 2.36. The number of nitriles is 1. The molecule has 2 saturated carbocycles. The summed E-state index contributed by atoms with van der Waals surface area (Å²) in [4.78, 5) is 52.0. The first-order valence-electron chi connectivity index (χ1n) is 10.7. The molecule has 4 amide bonds. The number of amides is 4. The third kappa shape index (κ3) is 4.13. The second-order valence-corrected chi connectivity index (χ2v) is 8.90. The third-order valence-corrected chi connectivity index (χ3v) is 6.92. The molecule has 3 aliphatic rings. The summed E-state index contributed by atoms with van der Waals surface area (Å²) in [6, 6.07) is 1.65. The molecule has 9 heteroatoms. The first-order chi connectivity index (χ1) is 14.2. The van der Waals surface area contributed by atoms with Crippen molar-refractivity contribution < 1.29 is 23.9 Å². The highest BCUT2D eigenvalue weighted by atomic mass is 16.5. The Kier molecular flexibility index (Phi) is 6.34. The molecule has 0 bridgehead atoms. The minimum Gasteiger partial charge on any atom is -0.454 e. The van der Waals surface area contributed by atoms with Gasteiger partial charge in [-0.05, 0) is 44.4 Å². The molecule has 164 valence electrons. The second kappa shape index (κ2) is 8.62. The van der Waals surface area contributed by atoms with Crippen LogP contribution < -0.4 is 5.32 Å². The third-order valence-electron chi connectivity index (χ3n) is 6.92. The summed E-state index contributed by atoms with van der Waals surface area (Å²) in [5.74, 6) is -1.19. The molecule has 2 aliphatic carbocycles. The Bertz CT molecular complexity index is 760. The average molecular weight is 418 g/mol. The molecule has 1 saturated heterocycles. The summed E-state index contributed by atoms with van der Waals surface area (Å²) < 4.78 is 5.04. The molecular weight excluding hydrogens is 388 g/mol. The number of esters is 1. The molecule has 0 aromatic carbocycles. The quantitative estimate of drug-likeness (QED) is 0.536. The van der Waals surface area contributed by atoms with E-state index < -0.39 is 48.0 Å². The lowest BCUT2D eigenvalue weighted by molar-refractivity contribution is -0.155. The SMILES string of the molecule is CC1CCC2(CC1)NC(=O)N(CC(=O)OCC(=O)N(C)C1(C#N)CCCCC1)C2=O. The Morgan fingerprint density at radius 3 is 2.43 bits per heavy atom. The van der Waals surface area contributed by atoms with Crippen molar-refractivity contribution in [3.8, 4) is 6.07 Å². The van der Waals surface area contributed by atoms with Gasteiger partial charge in [0.2, 0.25) is 0 Å². The van der Waals surface area contributed by atoms with Crippen molar-refractivity contribution in [2.75, 3.05) is 20.2 Å². The van der Waals surface area contributed by atoms with Gasteiger partial charge >= 0.3 is 12.0 Å². The molecule has 0 radical (unpaired) electrons. The minimum atomic E-state index is -0.917. The maximum Gasteiger partial charge on any atom is 0.326 e. The smallest absolute Gasteiger partial charge is 0.326 e. The van der Waals surface area contributed by atoms with Crippen molar-refractivity contribution in [3.63, 3.8) is 0 Å². The molecule has 9 nitrogen and oxygen atoms in total. The van der Waals surface area contributed by atoms with Gasteiger partial charge in [-0.2, -0.15) is 5.26 Å². The van der Waals surface area contributed by atoms with E-state index in [-0.39, 0.29) is 0 Å². The molecule has 3 rings (SSSR count). The molecule has 1 aliphatic heterocycles. The number of carbonyl (C=O) groups excluding carboxylic acids is 4. The molecular formula is C21H30N4O5. The average Bonchev–Trinajstić information content (AvgIpc) is 2.98. The van der Waals surface area contributed by atoms with Gasteiger partial charge in [0.15, 0.2) is 6.61 Å². The van der Waals surface area contributed by atoms with Crippen molar-refractivity contribution in [2.24, 2.45) is 5.92 Å². The lowest BCUT2D eigenvalue weighted by Gasteiger charge is -2.38. The fourth-order valence-corrected chi connectivity index (χ4v) is 4.72. The number of carbonyl (C=O) groups is 4. The molecule has 0 aromatic heterocycles. The standard InChI is InChI=1S/C21H30N4O5/c1-15-6-10-21(11-7-15)18(28)25(19(29)23-21)12-17(27)30-13-16(26)24(2)20(14-22)8-4-3-5-9-20/h15H,3-13H2,1-2H3,(H,23,29). The number of hydrogen-bond acceptors (Lipinski definition) is 6. The molecule has 0 atom stereocenters. The topological polar surface area (TPSA) is 120 Å². The van der Waals surface area contributed by atoms with Crippen LogP contribution in [0, 0.1) is 17.2 Å². The lowest BCUT2D eigenvalue weighted by atomic mass is 9.77. The van der Waals surface area contributed by atoms with E-state index in [1.54, 1.807) is 7.05 Å². The van der Waals surface area contributed by atoms with Crippen LogP contribution in [-0.4, -0.2) is 64.9 Å². The van der Waals surface area contributed by atoms with E-state index in [0.717, 1.165) is 37.0 Å². The number of hydrogen-bond donors (Lipinski definition) is 1. The van der Waals surface area contributed by atoms with Crippen LogP contribution in [0.3, 0.4) is 0 Å². The maximum atomic E-state index is 12.8. The van der Waals surface area contributed by atoms with Crippen molar-refractivity contribution in [1.29, 1.82) is 5.26 Å². The zero-order valence-corrected chi connectivity index (χ0v) is 17.7. The van der Waals surface area contributed by atoms with E-state index in [2.05, 4.69) is 18.3 Å². The van der Waals surface area contributed by atoms with E-state index in [4.69, 9.17) is 4.74 Å². The monoisotopic (exact) mass is 418 g/mol. The molecule has 1 heterocycles. The van der Waals surface area contributed by atoms with Gasteiger partial charge in [-0.15, -0.1) is 0 Å². The summed E-state index contributed by atoms with van der Waals surface area (Å²) in [6.45, 7) is 1.06. The zero-order chi connectivity index (χ0) is 21.9. The fourth-order valence-electron chi connectivity index (χ4n) is 4.72. The predicted molar refractivity (Wildman–Crippen MR) is 106 cm³/mol. The Labute approximate surface area is 176 Å². The summed E-state index contributed by atoms with van der Waals surface area (Å²) in [5, 5.41) is 12.3. The minimum absolute atomic E-state index is 0.398. The van der Waals surface area contributed by atoms with Crippen LogP contribution in [0.4, 0.5) is 4.79 Å². The van der Waals surface area contributed by atoms with Gasteiger partial charge in [0.1, 0.15) is 17.6 Å². The van der Waals surface area contributed by atoms with Gasteiger partial charge in [-0.1, -0.05) is 26.2 Å². The van der Waals surface area contributed by atoms with Gasteiger partial charge < -0.3 is 15.0 Å². The summed E-state index contributed by atoms with van der Waals surface area (Å²) >= 11 is 0. The van der Waals surface area contributed by atoms with Crippen LogP contribution in [0.25, 0.3) is 0 Å². The van der Waals surface area contributed by atoms with Crippen molar-refractivity contribution in [2.45, 2.75) is 75.8 Å². The van der Waals surface area contributed by atoms with Gasteiger partial charge in [-0.25, -0.2) is 4.79 Å². The summed E-state index contributed by atoms with van der Waals surface area (Å²) in [7, 11) is 1.55. The van der Waals surface area contributed by atoms with Crippen LogP contribution >= 0.6 is 0 Å². The number of nitrogens with zero attached hydrogens (tertiary/aromatic N) is 3. The number of imide groups is 1. The Balaban J connectivity index is 1.53. The van der Waals surface area contributed by atoms with Crippen LogP contribution in [0.5, 0.6) is 0 Å². The van der Waals surface area contributed by atoms with Crippen molar-refractivity contribution in [1.82, 2.24) is 15.1 Å².